The number of alkyl halides is 3. The van der Waals surface area contributed by atoms with Gasteiger partial charge in [-0.2, -0.15) is 13.2 Å². The Morgan fingerprint density at radius 1 is 1.35 bits per heavy atom. The highest BCUT2D eigenvalue weighted by Gasteiger charge is 2.26. The van der Waals surface area contributed by atoms with E-state index in [1.807, 2.05) is 0 Å². The molecule has 17 heavy (non-hydrogen) atoms. The van der Waals surface area contributed by atoms with Gasteiger partial charge in [0.2, 0.25) is 5.91 Å². The fourth-order valence-corrected chi connectivity index (χ4v) is 1.10. The standard InChI is InChI=1S/C10H19F3N2O2/c1-8(14-6-4-10(11,12)13)9(16)15-5-3-7-17-2/h8,14H,3-7H2,1-2H3,(H,15,16). The van der Waals surface area contributed by atoms with Gasteiger partial charge in [-0.15, -0.1) is 0 Å². The maximum Gasteiger partial charge on any atom is 0.390 e. The van der Waals surface area contributed by atoms with Crippen LogP contribution in [0.4, 0.5) is 13.2 Å². The first-order valence-corrected chi connectivity index (χ1v) is 5.43. The second-order valence-electron chi connectivity index (χ2n) is 3.68. The molecule has 0 saturated heterocycles. The molecule has 0 aromatic rings. The van der Waals surface area contributed by atoms with Crippen molar-refractivity contribution in [2.45, 2.75) is 32.0 Å². The second-order valence-corrected chi connectivity index (χ2v) is 3.68. The van der Waals surface area contributed by atoms with Crippen LogP contribution in [0.5, 0.6) is 0 Å². The van der Waals surface area contributed by atoms with Gasteiger partial charge in [0, 0.05) is 26.8 Å². The molecule has 4 nitrogen and oxygen atoms in total. The summed E-state index contributed by atoms with van der Waals surface area (Å²) in [5, 5.41) is 5.12. The number of rotatable bonds is 8. The van der Waals surface area contributed by atoms with Crippen molar-refractivity contribution >= 4 is 5.91 Å². The van der Waals surface area contributed by atoms with E-state index in [0.717, 1.165) is 0 Å². The number of methoxy groups -OCH3 is 1. The fraction of sp³-hybridized carbons (Fsp3) is 0.900. The van der Waals surface area contributed by atoms with Crippen molar-refractivity contribution in [1.82, 2.24) is 10.6 Å². The number of ether oxygens (including phenoxy) is 1. The quantitative estimate of drug-likeness (QED) is 0.639. The molecule has 0 bridgehead atoms. The van der Waals surface area contributed by atoms with Crippen molar-refractivity contribution in [3.8, 4) is 0 Å². The van der Waals surface area contributed by atoms with Gasteiger partial charge in [-0.05, 0) is 13.3 Å². The van der Waals surface area contributed by atoms with Crippen molar-refractivity contribution in [3.63, 3.8) is 0 Å². The van der Waals surface area contributed by atoms with Crippen LogP contribution in [0.1, 0.15) is 19.8 Å². The van der Waals surface area contributed by atoms with Gasteiger partial charge >= 0.3 is 6.18 Å². The number of nitrogens with one attached hydrogen (secondary N) is 2. The Morgan fingerprint density at radius 3 is 2.53 bits per heavy atom. The lowest BCUT2D eigenvalue weighted by atomic mass is 10.3. The van der Waals surface area contributed by atoms with Gasteiger partial charge in [-0.3, -0.25) is 4.79 Å². The summed E-state index contributed by atoms with van der Waals surface area (Å²) in [6, 6.07) is -0.625. The largest absolute Gasteiger partial charge is 0.390 e. The van der Waals surface area contributed by atoms with Crippen molar-refractivity contribution in [2.24, 2.45) is 0 Å². The van der Waals surface area contributed by atoms with Crippen LogP contribution in [0.3, 0.4) is 0 Å². The van der Waals surface area contributed by atoms with Crippen LogP contribution in [0.2, 0.25) is 0 Å². The first kappa shape index (κ1) is 16.2. The molecule has 0 spiro atoms. The SMILES string of the molecule is COCCCNC(=O)C(C)NCCC(F)(F)F. The Bertz CT molecular complexity index is 222. The summed E-state index contributed by atoms with van der Waals surface area (Å²) in [6.45, 7) is 2.27. The van der Waals surface area contributed by atoms with Gasteiger partial charge in [0.25, 0.3) is 0 Å². The number of halogens is 3. The van der Waals surface area contributed by atoms with Crippen LogP contribution in [0, 0.1) is 0 Å². The Labute approximate surface area is 98.9 Å². The molecule has 0 aromatic heterocycles. The molecule has 1 atom stereocenters. The first-order chi connectivity index (χ1) is 7.87. The molecular formula is C10H19F3N2O2. The van der Waals surface area contributed by atoms with Crippen molar-refractivity contribution in [1.29, 1.82) is 0 Å². The van der Waals surface area contributed by atoms with E-state index in [-0.39, 0.29) is 12.5 Å². The monoisotopic (exact) mass is 256 g/mol. The van der Waals surface area contributed by atoms with Gasteiger partial charge in [-0.1, -0.05) is 0 Å². The zero-order valence-corrected chi connectivity index (χ0v) is 10.1. The normalized spacial score (nSPS) is 13.5. The molecule has 102 valence electrons. The van der Waals surface area contributed by atoms with E-state index in [1.54, 1.807) is 7.11 Å². The van der Waals surface area contributed by atoms with Gasteiger partial charge in [0.15, 0.2) is 0 Å². The smallest absolute Gasteiger partial charge is 0.385 e. The molecule has 7 heteroatoms. The lowest BCUT2D eigenvalue weighted by Crippen LogP contribution is -2.43. The van der Waals surface area contributed by atoms with Crippen LogP contribution in [0.25, 0.3) is 0 Å². The van der Waals surface area contributed by atoms with Crippen LogP contribution < -0.4 is 10.6 Å². The van der Waals surface area contributed by atoms with E-state index >= 15 is 0 Å². The summed E-state index contributed by atoms with van der Waals surface area (Å²) in [6.07, 6.45) is -4.45. The molecule has 0 heterocycles. The van der Waals surface area contributed by atoms with Crippen LogP contribution in [0.15, 0.2) is 0 Å². The Kier molecular flexibility index (Phi) is 7.90. The summed E-state index contributed by atoms with van der Waals surface area (Å²) >= 11 is 0. The molecule has 0 fully saturated rings. The second kappa shape index (κ2) is 8.30. The predicted octanol–water partition coefficient (Wildman–Crippen LogP) is 1.07. The molecule has 1 amide bonds. The first-order valence-electron chi connectivity index (χ1n) is 5.43. The highest BCUT2D eigenvalue weighted by atomic mass is 19.4. The lowest BCUT2D eigenvalue weighted by Gasteiger charge is -2.14. The average Bonchev–Trinajstić information content (AvgIpc) is 2.22. The van der Waals surface area contributed by atoms with E-state index in [2.05, 4.69) is 10.6 Å². The molecule has 2 N–H and O–H groups in total. The van der Waals surface area contributed by atoms with Crippen molar-refractivity contribution in [3.05, 3.63) is 0 Å². The zero-order chi connectivity index (χ0) is 13.3. The third-order valence-electron chi connectivity index (χ3n) is 2.08. The molecular weight excluding hydrogens is 237 g/mol. The highest BCUT2D eigenvalue weighted by Crippen LogP contribution is 2.18. The van der Waals surface area contributed by atoms with E-state index < -0.39 is 18.6 Å². The van der Waals surface area contributed by atoms with E-state index in [0.29, 0.717) is 19.6 Å². The number of carbonyl (C=O) groups excluding carboxylic acids is 1. The van der Waals surface area contributed by atoms with Crippen LogP contribution in [-0.4, -0.2) is 44.9 Å². The van der Waals surface area contributed by atoms with Gasteiger partial charge in [0.05, 0.1) is 12.5 Å². The molecule has 0 aliphatic heterocycles. The topological polar surface area (TPSA) is 50.4 Å². The van der Waals surface area contributed by atoms with E-state index in [9.17, 15) is 18.0 Å². The van der Waals surface area contributed by atoms with Crippen molar-refractivity contribution < 1.29 is 22.7 Å². The molecule has 0 aliphatic carbocycles. The summed E-state index contributed by atoms with van der Waals surface area (Å²) in [4.78, 5) is 11.4. The maximum absolute atomic E-state index is 11.8. The van der Waals surface area contributed by atoms with Crippen LogP contribution in [-0.2, 0) is 9.53 Å². The minimum absolute atomic E-state index is 0.254. The summed E-state index contributed by atoms with van der Waals surface area (Å²) < 4.78 is 40.3. The molecule has 0 rings (SSSR count). The molecule has 0 aromatic carbocycles. The van der Waals surface area contributed by atoms with Crippen molar-refractivity contribution in [2.75, 3.05) is 26.8 Å². The van der Waals surface area contributed by atoms with Gasteiger partial charge in [0.1, 0.15) is 0 Å². The third kappa shape index (κ3) is 10.1. The predicted molar refractivity (Wildman–Crippen MR) is 57.6 cm³/mol. The molecule has 0 radical (unpaired) electrons. The lowest BCUT2D eigenvalue weighted by molar-refractivity contribution is -0.135. The van der Waals surface area contributed by atoms with Gasteiger partial charge in [-0.25, -0.2) is 0 Å². The van der Waals surface area contributed by atoms with Crippen LogP contribution >= 0.6 is 0 Å². The minimum atomic E-state index is -4.19. The number of hydrogen-bond donors (Lipinski definition) is 2. The average molecular weight is 256 g/mol. The Hall–Kier alpha value is -0.820. The molecule has 0 saturated carbocycles. The van der Waals surface area contributed by atoms with E-state index in [4.69, 9.17) is 4.74 Å². The minimum Gasteiger partial charge on any atom is -0.385 e. The zero-order valence-electron chi connectivity index (χ0n) is 10.1. The summed E-state index contributed by atoms with van der Waals surface area (Å²) in [7, 11) is 1.56. The number of hydrogen-bond acceptors (Lipinski definition) is 3. The maximum atomic E-state index is 11.8. The fourth-order valence-electron chi connectivity index (χ4n) is 1.10. The molecule has 0 aliphatic rings. The highest BCUT2D eigenvalue weighted by molar-refractivity contribution is 5.81. The summed E-state index contributed by atoms with van der Waals surface area (Å²) in [5.74, 6) is -0.303. The number of amides is 1. The van der Waals surface area contributed by atoms with E-state index in [1.165, 1.54) is 6.92 Å². The summed E-state index contributed by atoms with van der Waals surface area (Å²) in [5.41, 5.74) is 0. The Balaban J connectivity index is 3.60. The number of carbonyl (C=O) groups is 1. The molecule has 1 unspecified atom stereocenters. The van der Waals surface area contributed by atoms with Gasteiger partial charge < -0.3 is 15.4 Å². The Morgan fingerprint density at radius 2 is 2.00 bits per heavy atom. The third-order valence-corrected chi connectivity index (χ3v) is 2.08.